The summed E-state index contributed by atoms with van der Waals surface area (Å²) in [5.74, 6) is -0.835. The lowest BCUT2D eigenvalue weighted by Gasteiger charge is -2.40. The monoisotopic (exact) mass is 660 g/mol. The first-order valence-corrected chi connectivity index (χ1v) is 18.1. The Bertz CT molecular complexity index is 765. The average Bonchev–Trinajstić information content (AvgIpc) is 3.05. The van der Waals surface area contributed by atoms with Gasteiger partial charge in [-0.15, -0.1) is 0 Å². The lowest BCUT2D eigenvalue weighted by Crippen LogP contribution is -2.59. The molecule has 3 N–H and O–H groups in total. The maximum absolute atomic E-state index is 12.6. The Morgan fingerprint density at radius 1 is 0.652 bits per heavy atom. The highest BCUT2D eigenvalue weighted by molar-refractivity contribution is 5.70. The van der Waals surface area contributed by atoms with Gasteiger partial charge in [0, 0.05) is 12.8 Å². The van der Waals surface area contributed by atoms with E-state index in [1.807, 2.05) is 0 Å². The number of carbonyl (C=O) groups is 3. The van der Waals surface area contributed by atoms with Crippen molar-refractivity contribution >= 4 is 18.4 Å². The minimum absolute atomic E-state index is 0.177. The first-order chi connectivity index (χ1) is 22.3. The molecule has 270 valence electrons. The number of hydrogen-bond acceptors (Lipinski definition) is 11. The highest BCUT2D eigenvalue weighted by atomic mass is 16.7. The third-order valence-corrected chi connectivity index (χ3v) is 8.39. The normalized spacial score (nSPS) is 21.9. The SMILES string of the molecule is CCCCCCCCCCCCC(=O)O[C@H](COC(=O)CCCCCCCCCCC)CO[C@@H]1O[C@H](COC=O)[C@H](O)[C@H](O)[C@H]1O. The van der Waals surface area contributed by atoms with Gasteiger partial charge in [-0.2, -0.15) is 0 Å². The van der Waals surface area contributed by atoms with Crippen LogP contribution in [0.4, 0.5) is 0 Å². The van der Waals surface area contributed by atoms with Gasteiger partial charge in [0.1, 0.15) is 37.6 Å². The number of hydrogen-bond donors (Lipinski definition) is 3. The van der Waals surface area contributed by atoms with E-state index in [2.05, 4.69) is 18.6 Å². The minimum atomic E-state index is -1.62. The molecular weight excluding hydrogens is 596 g/mol. The van der Waals surface area contributed by atoms with Crippen LogP contribution in [0.15, 0.2) is 0 Å². The van der Waals surface area contributed by atoms with Gasteiger partial charge >= 0.3 is 11.9 Å². The topological polar surface area (TPSA) is 158 Å². The maximum atomic E-state index is 12.6. The van der Waals surface area contributed by atoms with E-state index in [1.165, 1.54) is 70.6 Å². The zero-order chi connectivity index (χ0) is 33.8. The highest BCUT2D eigenvalue weighted by Crippen LogP contribution is 2.23. The van der Waals surface area contributed by atoms with Crippen LogP contribution in [0.5, 0.6) is 0 Å². The molecule has 1 aliphatic rings. The predicted octanol–water partition coefficient (Wildman–Crippen LogP) is 5.67. The molecule has 1 rings (SSSR count). The molecule has 0 amide bonds. The molecule has 0 aliphatic carbocycles. The number of aliphatic hydroxyl groups excluding tert-OH is 3. The second kappa shape index (κ2) is 28.2. The molecule has 0 unspecified atom stereocenters. The van der Waals surface area contributed by atoms with Crippen LogP contribution in [-0.2, 0) is 38.1 Å². The van der Waals surface area contributed by atoms with Crippen molar-refractivity contribution in [2.24, 2.45) is 0 Å². The smallest absolute Gasteiger partial charge is 0.306 e. The van der Waals surface area contributed by atoms with Gasteiger partial charge in [0.25, 0.3) is 6.47 Å². The van der Waals surface area contributed by atoms with Crippen LogP contribution in [0.2, 0.25) is 0 Å². The summed E-state index contributed by atoms with van der Waals surface area (Å²) in [6.45, 7) is 3.71. The van der Waals surface area contributed by atoms with Gasteiger partial charge in [-0.25, -0.2) is 0 Å². The second-order valence-electron chi connectivity index (χ2n) is 12.6. The maximum Gasteiger partial charge on any atom is 0.306 e. The van der Waals surface area contributed by atoms with Crippen LogP contribution in [-0.4, -0.2) is 90.4 Å². The summed E-state index contributed by atoms with van der Waals surface area (Å²) in [6, 6.07) is 0. The van der Waals surface area contributed by atoms with E-state index in [4.69, 9.17) is 18.9 Å². The van der Waals surface area contributed by atoms with E-state index in [1.54, 1.807) is 0 Å². The van der Waals surface area contributed by atoms with E-state index in [0.29, 0.717) is 6.42 Å². The van der Waals surface area contributed by atoms with Crippen LogP contribution < -0.4 is 0 Å². The molecular formula is C35H64O11. The number of esters is 2. The summed E-state index contributed by atoms with van der Waals surface area (Å²) in [6.07, 6.45) is 13.8. The van der Waals surface area contributed by atoms with Crippen LogP contribution in [0.1, 0.15) is 149 Å². The van der Waals surface area contributed by atoms with Crippen molar-refractivity contribution < 1.29 is 53.4 Å². The summed E-state index contributed by atoms with van der Waals surface area (Å²) < 4.78 is 26.8. The van der Waals surface area contributed by atoms with E-state index in [0.717, 1.165) is 44.9 Å². The minimum Gasteiger partial charge on any atom is -0.465 e. The Balaban J connectivity index is 2.51. The van der Waals surface area contributed by atoms with Crippen molar-refractivity contribution in [1.82, 2.24) is 0 Å². The zero-order valence-electron chi connectivity index (χ0n) is 28.6. The quantitative estimate of drug-likeness (QED) is 0.0377. The van der Waals surface area contributed by atoms with Crippen LogP contribution >= 0.6 is 0 Å². The Morgan fingerprint density at radius 2 is 1.13 bits per heavy atom. The number of ether oxygens (including phenoxy) is 5. The molecule has 46 heavy (non-hydrogen) atoms. The molecule has 0 radical (unpaired) electrons. The molecule has 0 spiro atoms. The Hall–Kier alpha value is -1.79. The molecule has 0 saturated carbocycles. The number of rotatable bonds is 30. The van der Waals surface area contributed by atoms with E-state index < -0.39 is 48.7 Å². The lowest BCUT2D eigenvalue weighted by molar-refractivity contribution is -0.305. The molecule has 11 nitrogen and oxygen atoms in total. The fraction of sp³-hybridized carbons (Fsp3) is 0.914. The summed E-state index contributed by atoms with van der Waals surface area (Å²) in [7, 11) is 0. The summed E-state index contributed by atoms with van der Waals surface area (Å²) >= 11 is 0. The van der Waals surface area contributed by atoms with Gasteiger partial charge < -0.3 is 39.0 Å². The zero-order valence-corrected chi connectivity index (χ0v) is 28.6. The number of unbranched alkanes of at least 4 members (excludes halogenated alkanes) is 17. The van der Waals surface area contributed by atoms with E-state index in [9.17, 15) is 29.7 Å². The molecule has 0 aromatic carbocycles. The van der Waals surface area contributed by atoms with Crippen LogP contribution in [0.25, 0.3) is 0 Å². The molecule has 0 bridgehead atoms. The van der Waals surface area contributed by atoms with E-state index >= 15 is 0 Å². The molecule has 0 aromatic heterocycles. The van der Waals surface area contributed by atoms with Gasteiger partial charge in [-0.1, -0.05) is 123 Å². The van der Waals surface area contributed by atoms with E-state index in [-0.39, 0.29) is 39.1 Å². The van der Waals surface area contributed by atoms with Gasteiger partial charge in [0.05, 0.1) is 6.61 Å². The highest BCUT2D eigenvalue weighted by Gasteiger charge is 2.45. The first kappa shape index (κ1) is 42.2. The van der Waals surface area contributed by atoms with Crippen LogP contribution in [0, 0.1) is 0 Å². The summed E-state index contributed by atoms with van der Waals surface area (Å²) in [5.41, 5.74) is 0. The Kier molecular flexibility index (Phi) is 25.9. The van der Waals surface area contributed by atoms with Crippen molar-refractivity contribution in [1.29, 1.82) is 0 Å². The van der Waals surface area contributed by atoms with Crippen molar-refractivity contribution in [3.05, 3.63) is 0 Å². The van der Waals surface area contributed by atoms with Crippen molar-refractivity contribution in [2.45, 2.75) is 185 Å². The first-order valence-electron chi connectivity index (χ1n) is 18.1. The molecule has 0 aromatic rings. The van der Waals surface area contributed by atoms with Gasteiger partial charge in [0.2, 0.25) is 0 Å². The fourth-order valence-corrected chi connectivity index (χ4v) is 5.48. The summed E-state index contributed by atoms with van der Waals surface area (Å²) in [4.78, 5) is 35.6. The van der Waals surface area contributed by atoms with Crippen molar-refractivity contribution in [3.63, 3.8) is 0 Å². The molecule has 1 aliphatic heterocycles. The van der Waals surface area contributed by atoms with Crippen molar-refractivity contribution in [3.8, 4) is 0 Å². The van der Waals surface area contributed by atoms with Gasteiger partial charge in [-0.3, -0.25) is 14.4 Å². The predicted molar refractivity (Wildman–Crippen MR) is 174 cm³/mol. The third-order valence-electron chi connectivity index (χ3n) is 8.39. The van der Waals surface area contributed by atoms with Crippen LogP contribution in [0.3, 0.4) is 0 Å². The number of aliphatic hydroxyl groups is 3. The van der Waals surface area contributed by atoms with Gasteiger partial charge in [-0.05, 0) is 12.8 Å². The van der Waals surface area contributed by atoms with Gasteiger partial charge in [0.15, 0.2) is 12.4 Å². The standard InChI is InChI=1S/C35H64O11/c1-3-5-7-9-11-13-15-17-19-21-23-31(38)45-28(24-43-30(37)22-20-18-16-14-12-10-8-6-4-2)25-44-35-34(41)33(40)32(39)29(46-35)26-42-27-36/h27-29,32-35,39-41H,3-26H2,1-2H3/t28-,29-,32+,33+,34-,35-/m1/s1. The molecule has 6 atom stereocenters. The Labute approximate surface area is 277 Å². The third kappa shape index (κ3) is 20.4. The lowest BCUT2D eigenvalue weighted by atomic mass is 9.99. The number of carbonyl (C=O) groups excluding carboxylic acids is 3. The second-order valence-corrected chi connectivity index (χ2v) is 12.6. The molecule has 1 fully saturated rings. The van der Waals surface area contributed by atoms with Crippen molar-refractivity contribution in [2.75, 3.05) is 19.8 Å². The molecule has 11 heteroatoms. The fourth-order valence-electron chi connectivity index (χ4n) is 5.48. The largest absolute Gasteiger partial charge is 0.465 e. The average molecular weight is 661 g/mol. The Morgan fingerprint density at radius 3 is 1.63 bits per heavy atom. The molecule has 1 saturated heterocycles. The summed E-state index contributed by atoms with van der Waals surface area (Å²) in [5, 5.41) is 30.7. The molecule has 1 heterocycles.